The molecule has 1 aliphatic heterocycles. The summed E-state index contributed by atoms with van der Waals surface area (Å²) in [5.41, 5.74) is 4.37. The van der Waals surface area contributed by atoms with Crippen LogP contribution in [-0.2, 0) is 12.0 Å². The van der Waals surface area contributed by atoms with Gasteiger partial charge in [0.15, 0.2) is 0 Å². The minimum absolute atomic E-state index is 0.0665. The summed E-state index contributed by atoms with van der Waals surface area (Å²) in [6, 6.07) is 15.1. The van der Waals surface area contributed by atoms with Crippen molar-refractivity contribution in [3.05, 3.63) is 104 Å². The number of hydrogen-bond acceptors (Lipinski definition) is 8. The average molecular weight is 592 g/mol. The number of fused-ring (bicyclic) bond motifs is 1. The molecule has 4 heterocycles. The number of likely N-dealkylation sites (tertiary alicyclic amines) is 1. The number of benzene rings is 2. The lowest BCUT2D eigenvalue weighted by molar-refractivity contribution is 0.281. The molecular weight excluding hydrogens is 554 g/mol. The van der Waals surface area contributed by atoms with Crippen LogP contribution in [0.1, 0.15) is 55.4 Å². The Labute approximate surface area is 255 Å². The zero-order chi connectivity index (χ0) is 31.2. The molecule has 0 bridgehead atoms. The number of hydrogen-bond donors (Lipinski definition) is 3. The molecule has 3 N–H and O–H groups in total. The van der Waals surface area contributed by atoms with E-state index in [4.69, 9.17) is 0 Å². The van der Waals surface area contributed by atoms with Crippen LogP contribution >= 0.6 is 0 Å². The van der Waals surface area contributed by atoms with Gasteiger partial charge in [0, 0.05) is 34.8 Å². The minimum atomic E-state index is -0.390. The molecule has 1 fully saturated rings. The summed E-state index contributed by atoms with van der Waals surface area (Å²) in [4.78, 5) is 33.4. The van der Waals surface area contributed by atoms with Crippen molar-refractivity contribution < 1.29 is 5.11 Å². The van der Waals surface area contributed by atoms with Crippen molar-refractivity contribution in [1.29, 1.82) is 0 Å². The first-order valence-electron chi connectivity index (χ1n) is 14.8. The molecule has 6 rings (SSSR count). The summed E-state index contributed by atoms with van der Waals surface area (Å²) in [5.74, 6) is 0.998. The Hall–Kier alpha value is -4.67. The van der Waals surface area contributed by atoms with Crippen LogP contribution in [0.5, 0.6) is 0 Å². The molecule has 0 aliphatic carbocycles. The first kappa shape index (κ1) is 29.4. The van der Waals surface area contributed by atoms with E-state index in [9.17, 15) is 14.7 Å². The van der Waals surface area contributed by atoms with Crippen molar-refractivity contribution in [2.24, 2.45) is 0 Å². The van der Waals surface area contributed by atoms with Gasteiger partial charge in [0.25, 0.3) is 11.1 Å². The molecule has 2 aromatic carbocycles. The van der Waals surface area contributed by atoms with Crippen molar-refractivity contribution in [2.75, 3.05) is 25.5 Å². The summed E-state index contributed by atoms with van der Waals surface area (Å²) in [6.07, 6.45) is 4.64. The van der Waals surface area contributed by atoms with Crippen molar-refractivity contribution >= 4 is 22.3 Å². The number of pyridine rings is 1. The molecule has 0 unspecified atom stereocenters. The number of aromatic amines is 1. The van der Waals surface area contributed by atoms with Crippen molar-refractivity contribution in [3.8, 4) is 16.9 Å². The second-order valence-electron chi connectivity index (χ2n) is 12.6. The Morgan fingerprint density at radius 2 is 1.91 bits per heavy atom. The molecule has 1 atom stereocenters. The van der Waals surface area contributed by atoms with Gasteiger partial charge in [-0.25, -0.2) is 10.1 Å². The van der Waals surface area contributed by atoms with Crippen LogP contribution in [0.15, 0.2) is 70.5 Å². The fourth-order valence-corrected chi connectivity index (χ4v) is 5.95. The highest BCUT2D eigenvalue weighted by molar-refractivity contribution is 5.82. The SMILES string of the molecule is Cc1c(-c2cccc(-n3ncc4cc(C(C)(C)C)ccc4c3=O)c2CO)n[nH]c(=O)c1Nc1ccc([C@@H]2CCN(C)C2)cn1. The molecule has 5 aromatic rings. The van der Waals surface area contributed by atoms with Crippen molar-refractivity contribution in [3.63, 3.8) is 0 Å². The molecule has 10 nitrogen and oxygen atoms in total. The zero-order valence-corrected chi connectivity index (χ0v) is 25.7. The summed E-state index contributed by atoms with van der Waals surface area (Å²) < 4.78 is 1.31. The van der Waals surface area contributed by atoms with E-state index in [1.165, 1.54) is 10.2 Å². The summed E-state index contributed by atoms with van der Waals surface area (Å²) >= 11 is 0. The lowest BCUT2D eigenvalue weighted by Crippen LogP contribution is -2.23. The predicted molar refractivity (Wildman–Crippen MR) is 173 cm³/mol. The van der Waals surface area contributed by atoms with Gasteiger partial charge < -0.3 is 15.3 Å². The third kappa shape index (κ3) is 5.42. The van der Waals surface area contributed by atoms with Gasteiger partial charge in [0.2, 0.25) is 0 Å². The van der Waals surface area contributed by atoms with Crippen LogP contribution in [0.3, 0.4) is 0 Å². The van der Waals surface area contributed by atoms with E-state index in [-0.39, 0.29) is 17.6 Å². The third-order valence-corrected chi connectivity index (χ3v) is 8.57. The zero-order valence-electron chi connectivity index (χ0n) is 25.7. The maximum Gasteiger partial charge on any atom is 0.288 e. The average Bonchev–Trinajstić information content (AvgIpc) is 3.45. The van der Waals surface area contributed by atoms with Gasteiger partial charge in [-0.1, -0.05) is 45.0 Å². The van der Waals surface area contributed by atoms with Crippen LogP contribution in [-0.4, -0.2) is 55.1 Å². The summed E-state index contributed by atoms with van der Waals surface area (Å²) in [7, 11) is 2.12. The molecule has 3 aromatic heterocycles. The van der Waals surface area contributed by atoms with Gasteiger partial charge in [-0.3, -0.25) is 9.59 Å². The van der Waals surface area contributed by atoms with E-state index in [1.807, 2.05) is 30.5 Å². The lowest BCUT2D eigenvalue weighted by Gasteiger charge is -2.19. The lowest BCUT2D eigenvalue weighted by atomic mass is 9.86. The largest absolute Gasteiger partial charge is 0.392 e. The molecule has 0 spiro atoms. The van der Waals surface area contributed by atoms with Gasteiger partial charge in [-0.2, -0.15) is 14.9 Å². The number of aliphatic hydroxyl groups excluding tert-OH is 1. The van der Waals surface area contributed by atoms with Gasteiger partial charge in [0.05, 0.1) is 29.6 Å². The van der Waals surface area contributed by atoms with Crippen molar-refractivity contribution in [2.45, 2.75) is 52.1 Å². The van der Waals surface area contributed by atoms with Crippen LogP contribution < -0.4 is 16.4 Å². The standard InChI is InChI=1S/C34H37N7O3/c1-20-30(38-39-32(43)31(20)37-29-12-9-21(16-35-29)22-13-14-40(5)18-22)26-7-6-8-28(27(26)19-42)41-33(44)25-11-10-24(34(2,3)4)15-23(25)17-36-41/h6-12,15-17,22,42H,13-14,18-19H2,1-5H3,(H,39,43)(H,35,37,38)/t22-/m1/s1. The second-order valence-corrected chi connectivity index (χ2v) is 12.6. The van der Waals surface area contributed by atoms with Gasteiger partial charge >= 0.3 is 0 Å². The van der Waals surface area contributed by atoms with Gasteiger partial charge in [-0.05, 0) is 73.7 Å². The Morgan fingerprint density at radius 3 is 2.59 bits per heavy atom. The topological polar surface area (TPSA) is 129 Å². The molecule has 1 aliphatic rings. The number of rotatable bonds is 6. The minimum Gasteiger partial charge on any atom is -0.392 e. The fraction of sp³-hybridized carbons (Fsp3) is 0.324. The molecule has 10 heteroatoms. The highest BCUT2D eigenvalue weighted by Gasteiger charge is 2.23. The monoisotopic (exact) mass is 591 g/mol. The fourth-order valence-electron chi connectivity index (χ4n) is 5.95. The quantitative estimate of drug-likeness (QED) is 0.257. The predicted octanol–water partition coefficient (Wildman–Crippen LogP) is 4.79. The Bertz CT molecular complexity index is 1970. The normalized spacial score (nSPS) is 15.6. The van der Waals surface area contributed by atoms with E-state index in [2.05, 4.69) is 64.4 Å². The van der Waals surface area contributed by atoms with E-state index in [1.54, 1.807) is 31.3 Å². The molecule has 0 saturated carbocycles. The van der Waals surface area contributed by atoms with E-state index in [0.717, 1.165) is 30.5 Å². The van der Waals surface area contributed by atoms with Gasteiger partial charge in [-0.15, -0.1) is 0 Å². The smallest absolute Gasteiger partial charge is 0.288 e. The van der Waals surface area contributed by atoms with Gasteiger partial charge in [0.1, 0.15) is 11.5 Å². The number of aliphatic hydroxyl groups is 1. The number of nitrogens with zero attached hydrogens (tertiary/aromatic N) is 5. The first-order chi connectivity index (χ1) is 21.0. The molecular formula is C34H37N7O3. The first-order valence-corrected chi connectivity index (χ1v) is 14.8. The molecule has 0 radical (unpaired) electrons. The van der Waals surface area contributed by atoms with E-state index in [0.29, 0.717) is 50.9 Å². The maximum atomic E-state index is 13.6. The maximum absolute atomic E-state index is 13.6. The molecule has 226 valence electrons. The highest BCUT2D eigenvalue weighted by Crippen LogP contribution is 2.32. The summed E-state index contributed by atoms with van der Waals surface area (Å²) in [5, 5.41) is 26.4. The molecule has 1 saturated heterocycles. The highest BCUT2D eigenvalue weighted by atomic mass is 16.3. The Morgan fingerprint density at radius 1 is 1.09 bits per heavy atom. The number of likely N-dealkylation sites (N-methyl/N-ethyl adjacent to an activating group) is 1. The van der Waals surface area contributed by atoms with Crippen molar-refractivity contribution in [1.82, 2.24) is 29.9 Å². The van der Waals surface area contributed by atoms with Crippen LogP contribution in [0.2, 0.25) is 0 Å². The molecule has 0 amide bonds. The number of H-pyrrole nitrogens is 1. The summed E-state index contributed by atoms with van der Waals surface area (Å²) in [6.45, 7) is 9.87. The van der Waals surface area contributed by atoms with E-state index >= 15 is 0 Å². The van der Waals surface area contributed by atoms with Crippen LogP contribution in [0.4, 0.5) is 11.5 Å². The van der Waals surface area contributed by atoms with Crippen LogP contribution in [0, 0.1) is 6.92 Å². The van der Waals surface area contributed by atoms with Crippen LogP contribution in [0.25, 0.3) is 27.7 Å². The number of anilines is 2. The van der Waals surface area contributed by atoms with E-state index < -0.39 is 5.56 Å². The molecule has 44 heavy (non-hydrogen) atoms. The Balaban J connectivity index is 1.37. The third-order valence-electron chi connectivity index (χ3n) is 8.57. The number of aromatic nitrogens is 5. The second kappa shape index (κ2) is 11.4. The number of nitrogens with one attached hydrogen (secondary N) is 2. The Kier molecular flexibility index (Phi) is 7.65.